The molecule has 1 rings (SSSR count). The van der Waals surface area contributed by atoms with Crippen molar-refractivity contribution in [3.05, 3.63) is 29.6 Å². The number of nitrogens with one attached hydrogen (secondary N) is 1. The first kappa shape index (κ1) is 13.4. The van der Waals surface area contributed by atoms with Crippen molar-refractivity contribution >= 4 is 5.84 Å². The molecule has 0 aliphatic rings. The van der Waals surface area contributed by atoms with Gasteiger partial charge in [0.05, 0.1) is 0 Å². The molecule has 0 unspecified atom stereocenters. The molecule has 0 saturated carbocycles. The van der Waals surface area contributed by atoms with E-state index < -0.39 is 0 Å². The lowest BCUT2D eigenvalue weighted by molar-refractivity contribution is 0.318. The first-order valence-corrected chi connectivity index (χ1v) is 5.77. The zero-order valence-corrected chi connectivity index (χ0v) is 10.3. The van der Waals surface area contributed by atoms with E-state index in [0.717, 1.165) is 25.1 Å². The van der Waals surface area contributed by atoms with Gasteiger partial charge in [-0.2, -0.15) is 0 Å². The van der Waals surface area contributed by atoms with Crippen LogP contribution in [0.4, 0.5) is 0 Å². The number of pyridine rings is 1. The first-order chi connectivity index (χ1) is 8.13. The van der Waals surface area contributed by atoms with Crippen LogP contribution in [0.3, 0.4) is 0 Å². The predicted molar refractivity (Wildman–Crippen MR) is 67.9 cm³/mol. The summed E-state index contributed by atoms with van der Waals surface area (Å²) < 4.78 is 0. The molecule has 0 aliphatic heterocycles. The molecule has 0 bridgehead atoms. The van der Waals surface area contributed by atoms with Gasteiger partial charge >= 0.3 is 0 Å². The molecule has 1 aromatic rings. The molecular formula is C12H20N4O. The summed E-state index contributed by atoms with van der Waals surface area (Å²) in [5, 5.41) is 14.8. The Kier molecular flexibility index (Phi) is 5.42. The van der Waals surface area contributed by atoms with Gasteiger partial charge in [0.25, 0.3) is 0 Å². The van der Waals surface area contributed by atoms with Crippen molar-refractivity contribution in [3.63, 3.8) is 0 Å². The maximum atomic E-state index is 8.56. The Morgan fingerprint density at radius 2 is 2.35 bits per heavy atom. The van der Waals surface area contributed by atoms with Crippen molar-refractivity contribution in [2.75, 3.05) is 6.54 Å². The van der Waals surface area contributed by atoms with Crippen LogP contribution >= 0.6 is 0 Å². The van der Waals surface area contributed by atoms with Gasteiger partial charge in [-0.3, -0.25) is 4.98 Å². The van der Waals surface area contributed by atoms with Crippen LogP contribution in [0.15, 0.2) is 23.5 Å². The molecule has 5 nitrogen and oxygen atoms in total. The van der Waals surface area contributed by atoms with Gasteiger partial charge in [-0.05, 0) is 36.6 Å². The molecular weight excluding hydrogens is 216 g/mol. The standard InChI is InChI=1S/C12H20N4O/c1-9(2)3-5-14-8-10-4-6-15-11(7-10)12(13)16-17/h4,6-7,9,14,17H,3,5,8H2,1-2H3,(H2,13,16). The Morgan fingerprint density at radius 3 is 3.00 bits per heavy atom. The van der Waals surface area contributed by atoms with E-state index in [1.54, 1.807) is 6.20 Å². The molecule has 4 N–H and O–H groups in total. The smallest absolute Gasteiger partial charge is 0.188 e. The van der Waals surface area contributed by atoms with Crippen LogP contribution in [0.5, 0.6) is 0 Å². The summed E-state index contributed by atoms with van der Waals surface area (Å²) in [5.74, 6) is 0.738. The minimum absolute atomic E-state index is 0.0361. The number of nitrogens with zero attached hydrogens (tertiary/aromatic N) is 2. The fourth-order valence-electron chi connectivity index (χ4n) is 1.40. The van der Waals surface area contributed by atoms with Crippen LogP contribution in [0.25, 0.3) is 0 Å². The highest BCUT2D eigenvalue weighted by atomic mass is 16.4. The van der Waals surface area contributed by atoms with Crippen LogP contribution in [-0.4, -0.2) is 22.6 Å². The quantitative estimate of drug-likeness (QED) is 0.229. The number of amidine groups is 1. The Morgan fingerprint density at radius 1 is 1.59 bits per heavy atom. The number of hydrogen-bond acceptors (Lipinski definition) is 4. The Hall–Kier alpha value is -1.62. The lowest BCUT2D eigenvalue weighted by atomic mass is 10.1. The van der Waals surface area contributed by atoms with Crippen LogP contribution in [0.2, 0.25) is 0 Å². The van der Waals surface area contributed by atoms with Crippen molar-refractivity contribution in [2.45, 2.75) is 26.8 Å². The Balaban J connectivity index is 2.49. The van der Waals surface area contributed by atoms with Crippen molar-refractivity contribution in [3.8, 4) is 0 Å². The highest BCUT2D eigenvalue weighted by molar-refractivity contribution is 5.95. The van der Waals surface area contributed by atoms with E-state index in [0.29, 0.717) is 11.6 Å². The summed E-state index contributed by atoms with van der Waals surface area (Å²) in [5.41, 5.74) is 7.05. The van der Waals surface area contributed by atoms with Gasteiger partial charge in [0, 0.05) is 12.7 Å². The van der Waals surface area contributed by atoms with E-state index in [1.807, 2.05) is 12.1 Å². The number of aromatic nitrogens is 1. The molecule has 1 heterocycles. The Labute approximate surface area is 102 Å². The number of oxime groups is 1. The molecule has 0 aliphatic carbocycles. The van der Waals surface area contributed by atoms with Gasteiger partial charge in [0.2, 0.25) is 0 Å². The van der Waals surface area contributed by atoms with Crippen molar-refractivity contribution < 1.29 is 5.21 Å². The third kappa shape index (κ3) is 4.82. The van der Waals surface area contributed by atoms with Gasteiger partial charge in [-0.1, -0.05) is 19.0 Å². The predicted octanol–water partition coefficient (Wildman–Crippen LogP) is 1.31. The average Bonchev–Trinajstić information content (AvgIpc) is 2.34. The number of nitrogens with two attached hydrogens (primary N) is 1. The van der Waals surface area contributed by atoms with Gasteiger partial charge in [-0.15, -0.1) is 0 Å². The monoisotopic (exact) mass is 236 g/mol. The third-order valence-electron chi connectivity index (χ3n) is 2.42. The van der Waals surface area contributed by atoms with Gasteiger partial charge in [-0.25, -0.2) is 0 Å². The van der Waals surface area contributed by atoms with E-state index in [1.165, 1.54) is 0 Å². The maximum absolute atomic E-state index is 8.56. The van der Waals surface area contributed by atoms with Gasteiger partial charge in [0.15, 0.2) is 5.84 Å². The molecule has 0 amide bonds. The molecule has 0 saturated heterocycles. The van der Waals surface area contributed by atoms with Gasteiger partial charge < -0.3 is 16.3 Å². The van der Waals surface area contributed by atoms with Crippen molar-refractivity contribution in [2.24, 2.45) is 16.8 Å². The molecule has 0 fully saturated rings. The second kappa shape index (κ2) is 6.85. The van der Waals surface area contributed by atoms with Crippen LogP contribution in [-0.2, 0) is 6.54 Å². The van der Waals surface area contributed by atoms with E-state index >= 15 is 0 Å². The molecule has 0 atom stereocenters. The van der Waals surface area contributed by atoms with E-state index in [-0.39, 0.29) is 5.84 Å². The molecule has 5 heteroatoms. The Bertz CT molecular complexity index is 377. The van der Waals surface area contributed by atoms with Crippen LogP contribution in [0.1, 0.15) is 31.5 Å². The van der Waals surface area contributed by atoms with Crippen LogP contribution in [0, 0.1) is 5.92 Å². The normalized spacial score (nSPS) is 12.1. The lowest BCUT2D eigenvalue weighted by Crippen LogP contribution is -2.18. The molecule has 0 radical (unpaired) electrons. The largest absolute Gasteiger partial charge is 0.409 e. The van der Waals surface area contributed by atoms with E-state index in [9.17, 15) is 0 Å². The van der Waals surface area contributed by atoms with Crippen LogP contribution < -0.4 is 11.1 Å². The maximum Gasteiger partial charge on any atom is 0.188 e. The fraction of sp³-hybridized carbons (Fsp3) is 0.500. The topological polar surface area (TPSA) is 83.5 Å². The highest BCUT2D eigenvalue weighted by Gasteiger charge is 2.02. The fourth-order valence-corrected chi connectivity index (χ4v) is 1.40. The lowest BCUT2D eigenvalue weighted by Gasteiger charge is -2.07. The zero-order chi connectivity index (χ0) is 12.7. The van der Waals surface area contributed by atoms with Crippen molar-refractivity contribution in [1.29, 1.82) is 0 Å². The second-order valence-corrected chi connectivity index (χ2v) is 4.39. The SMILES string of the molecule is CC(C)CCNCc1ccnc(C(N)=NO)c1. The second-order valence-electron chi connectivity index (χ2n) is 4.39. The van der Waals surface area contributed by atoms with Crippen molar-refractivity contribution in [1.82, 2.24) is 10.3 Å². The third-order valence-corrected chi connectivity index (χ3v) is 2.42. The summed E-state index contributed by atoms with van der Waals surface area (Å²) in [6.45, 7) is 6.15. The molecule has 17 heavy (non-hydrogen) atoms. The van der Waals surface area contributed by atoms with E-state index in [2.05, 4.69) is 29.3 Å². The van der Waals surface area contributed by atoms with Gasteiger partial charge in [0.1, 0.15) is 5.69 Å². The zero-order valence-electron chi connectivity index (χ0n) is 10.3. The average molecular weight is 236 g/mol. The molecule has 94 valence electrons. The highest BCUT2D eigenvalue weighted by Crippen LogP contribution is 2.02. The minimum Gasteiger partial charge on any atom is -0.409 e. The summed E-state index contributed by atoms with van der Waals surface area (Å²) in [4.78, 5) is 4.02. The van der Waals surface area contributed by atoms with E-state index in [4.69, 9.17) is 10.9 Å². The number of hydrogen-bond donors (Lipinski definition) is 3. The summed E-state index contributed by atoms with van der Waals surface area (Å²) in [6.07, 6.45) is 2.81. The first-order valence-electron chi connectivity index (χ1n) is 5.77. The molecule has 0 aromatic carbocycles. The molecule has 0 spiro atoms. The molecule has 1 aromatic heterocycles. The summed E-state index contributed by atoms with van der Waals surface area (Å²) >= 11 is 0. The number of rotatable bonds is 6. The summed E-state index contributed by atoms with van der Waals surface area (Å²) in [7, 11) is 0. The summed E-state index contributed by atoms with van der Waals surface area (Å²) in [6, 6.07) is 3.73. The minimum atomic E-state index is 0.0361.